The first-order valence-electron chi connectivity index (χ1n) is 7.49. The van der Waals surface area contributed by atoms with Crippen molar-refractivity contribution in [1.82, 2.24) is 0 Å². The number of aliphatic hydroxyl groups is 2. The lowest BCUT2D eigenvalue weighted by atomic mass is 9.87. The second kappa shape index (κ2) is 7.62. The molecule has 0 heterocycles. The summed E-state index contributed by atoms with van der Waals surface area (Å²) in [6, 6.07) is 7.49. The van der Waals surface area contributed by atoms with Crippen molar-refractivity contribution in [3.63, 3.8) is 0 Å². The summed E-state index contributed by atoms with van der Waals surface area (Å²) < 4.78 is 5.78. The number of ether oxygens (including phenoxy) is 1. The van der Waals surface area contributed by atoms with E-state index in [-0.39, 0.29) is 12.0 Å². The van der Waals surface area contributed by atoms with Gasteiger partial charge in [0.05, 0.1) is 18.8 Å². The Bertz CT molecular complexity index is 410. The third-order valence-electron chi connectivity index (χ3n) is 4.02. The zero-order valence-electron chi connectivity index (χ0n) is 11.9. The van der Waals surface area contributed by atoms with Crippen LogP contribution in [0.15, 0.2) is 24.3 Å². The van der Waals surface area contributed by atoms with Gasteiger partial charge in [-0.05, 0) is 43.5 Å². The van der Waals surface area contributed by atoms with E-state index in [0.29, 0.717) is 19.6 Å². The Morgan fingerprint density at radius 3 is 2.85 bits per heavy atom. The number of aliphatic hydroxyl groups excluding tert-OH is 2. The molecule has 0 spiro atoms. The molecular formula is C16H25NO3. The van der Waals surface area contributed by atoms with E-state index >= 15 is 0 Å². The second-order valence-electron chi connectivity index (χ2n) is 5.59. The molecule has 0 saturated heterocycles. The molecule has 0 amide bonds. The Kier molecular flexibility index (Phi) is 5.83. The Labute approximate surface area is 120 Å². The standard InChI is InChI=1S/C16H25NO3/c17-9-8-16(19)12-5-3-6-14(10-12)20-11-13-4-1-2-7-15(13)18/h3,5-6,10,13,15-16,18-19H,1-2,4,7-9,11,17H2/t13?,15-,16-/m1/s1. The van der Waals surface area contributed by atoms with Crippen LogP contribution in [-0.4, -0.2) is 29.5 Å². The summed E-state index contributed by atoms with van der Waals surface area (Å²) in [5.41, 5.74) is 6.29. The molecule has 2 rings (SSSR count). The molecule has 3 atom stereocenters. The third kappa shape index (κ3) is 4.20. The van der Waals surface area contributed by atoms with Crippen molar-refractivity contribution in [3.05, 3.63) is 29.8 Å². The van der Waals surface area contributed by atoms with Crippen LogP contribution < -0.4 is 10.5 Å². The van der Waals surface area contributed by atoms with Crippen molar-refractivity contribution in [2.75, 3.05) is 13.2 Å². The van der Waals surface area contributed by atoms with Gasteiger partial charge < -0.3 is 20.7 Å². The molecule has 4 nitrogen and oxygen atoms in total. The topological polar surface area (TPSA) is 75.7 Å². The van der Waals surface area contributed by atoms with Gasteiger partial charge in [0.15, 0.2) is 0 Å². The molecule has 1 aliphatic carbocycles. The van der Waals surface area contributed by atoms with Gasteiger partial charge in [0, 0.05) is 5.92 Å². The Morgan fingerprint density at radius 2 is 2.10 bits per heavy atom. The van der Waals surface area contributed by atoms with Crippen molar-refractivity contribution in [1.29, 1.82) is 0 Å². The molecule has 4 heteroatoms. The first-order valence-corrected chi connectivity index (χ1v) is 7.49. The van der Waals surface area contributed by atoms with E-state index in [2.05, 4.69) is 0 Å². The summed E-state index contributed by atoms with van der Waals surface area (Å²) in [4.78, 5) is 0. The highest BCUT2D eigenvalue weighted by Gasteiger charge is 2.23. The summed E-state index contributed by atoms with van der Waals surface area (Å²) in [5.74, 6) is 0.970. The van der Waals surface area contributed by atoms with E-state index in [9.17, 15) is 10.2 Å². The largest absolute Gasteiger partial charge is 0.493 e. The minimum absolute atomic E-state index is 0.223. The van der Waals surface area contributed by atoms with Crippen molar-refractivity contribution in [2.24, 2.45) is 11.7 Å². The maximum Gasteiger partial charge on any atom is 0.119 e. The van der Waals surface area contributed by atoms with E-state index in [1.807, 2.05) is 24.3 Å². The quantitative estimate of drug-likeness (QED) is 0.744. The molecule has 4 N–H and O–H groups in total. The summed E-state index contributed by atoms with van der Waals surface area (Å²) >= 11 is 0. The summed E-state index contributed by atoms with van der Waals surface area (Å²) in [6.45, 7) is 0.998. The molecule has 1 fully saturated rings. The first-order chi connectivity index (χ1) is 9.70. The molecule has 0 aromatic heterocycles. The third-order valence-corrected chi connectivity index (χ3v) is 4.02. The van der Waals surface area contributed by atoms with Crippen LogP contribution in [-0.2, 0) is 0 Å². The SMILES string of the molecule is NCC[C@@H](O)c1cccc(OCC2CCCC[C@H]2O)c1. The van der Waals surface area contributed by atoms with Gasteiger partial charge in [-0.15, -0.1) is 0 Å². The maximum atomic E-state index is 9.93. The van der Waals surface area contributed by atoms with Gasteiger partial charge >= 0.3 is 0 Å². The monoisotopic (exact) mass is 279 g/mol. The van der Waals surface area contributed by atoms with Crippen LogP contribution in [0.1, 0.15) is 43.8 Å². The fraction of sp³-hybridized carbons (Fsp3) is 0.625. The molecule has 1 aromatic carbocycles. The Hall–Kier alpha value is -1.10. The molecule has 1 aromatic rings. The lowest BCUT2D eigenvalue weighted by Gasteiger charge is -2.27. The van der Waals surface area contributed by atoms with E-state index < -0.39 is 6.10 Å². The van der Waals surface area contributed by atoms with E-state index in [1.165, 1.54) is 6.42 Å². The van der Waals surface area contributed by atoms with Crippen LogP contribution >= 0.6 is 0 Å². The van der Waals surface area contributed by atoms with E-state index in [1.54, 1.807) is 0 Å². The Morgan fingerprint density at radius 1 is 1.30 bits per heavy atom. The minimum atomic E-state index is -0.538. The number of rotatable bonds is 6. The van der Waals surface area contributed by atoms with Crippen molar-refractivity contribution >= 4 is 0 Å². The van der Waals surface area contributed by atoms with Crippen molar-refractivity contribution in [3.8, 4) is 5.75 Å². The predicted molar refractivity (Wildman–Crippen MR) is 78.5 cm³/mol. The highest BCUT2D eigenvalue weighted by molar-refractivity contribution is 5.29. The lowest BCUT2D eigenvalue weighted by molar-refractivity contribution is 0.0421. The van der Waals surface area contributed by atoms with Gasteiger partial charge in [0.25, 0.3) is 0 Å². The fourth-order valence-electron chi connectivity index (χ4n) is 2.72. The zero-order valence-corrected chi connectivity index (χ0v) is 11.9. The Balaban J connectivity index is 1.90. The van der Waals surface area contributed by atoms with Crippen LogP contribution in [0.5, 0.6) is 5.75 Å². The highest BCUT2D eigenvalue weighted by Crippen LogP contribution is 2.26. The first kappa shape index (κ1) is 15.3. The van der Waals surface area contributed by atoms with Crippen LogP contribution in [0.2, 0.25) is 0 Å². The van der Waals surface area contributed by atoms with Crippen LogP contribution in [0, 0.1) is 5.92 Å². The van der Waals surface area contributed by atoms with Gasteiger partial charge in [-0.25, -0.2) is 0 Å². The number of hydrogen-bond donors (Lipinski definition) is 3. The van der Waals surface area contributed by atoms with E-state index in [4.69, 9.17) is 10.5 Å². The van der Waals surface area contributed by atoms with E-state index in [0.717, 1.165) is 30.6 Å². The normalized spacial score (nSPS) is 24.4. The molecule has 20 heavy (non-hydrogen) atoms. The fourth-order valence-corrected chi connectivity index (χ4v) is 2.72. The van der Waals surface area contributed by atoms with Gasteiger partial charge in [0.1, 0.15) is 5.75 Å². The molecule has 0 aliphatic heterocycles. The summed E-state index contributed by atoms with van der Waals surface area (Å²) in [6.07, 6.45) is 3.95. The zero-order chi connectivity index (χ0) is 14.4. The van der Waals surface area contributed by atoms with Gasteiger partial charge in [-0.3, -0.25) is 0 Å². The average Bonchev–Trinajstić information content (AvgIpc) is 2.47. The number of hydrogen-bond acceptors (Lipinski definition) is 4. The van der Waals surface area contributed by atoms with Gasteiger partial charge in [0.2, 0.25) is 0 Å². The minimum Gasteiger partial charge on any atom is -0.493 e. The van der Waals surface area contributed by atoms with Crippen molar-refractivity contribution in [2.45, 2.75) is 44.3 Å². The molecule has 1 unspecified atom stereocenters. The average molecular weight is 279 g/mol. The van der Waals surface area contributed by atoms with Crippen LogP contribution in [0.25, 0.3) is 0 Å². The van der Waals surface area contributed by atoms with Crippen LogP contribution in [0.4, 0.5) is 0 Å². The molecule has 112 valence electrons. The highest BCUT2D eigenvalue weighted by atomic mass is 16.5. The van der Waals surface area contributed by atoms with Crippen LogP contribution in [0.3, 0.4) is 0 Å². The molecule has 0 radical (unpaired) electrons. The smallest absolute Gasteiger partial charge is 0.119 e. The lowest BCUT2D eigenvalue weighted by Crippen LogP contribution is -2.29. The molecular weight excluding hydrogens is 254 g/mol. The summed E-state index contributed by atoms with van der Waals surface area (Å²) in [5, 5.41) is 19.9. The molecule has 0 bridgehead atoms. The summed E-state index contributed by atoms with van der Waals surface area (Å²) in [7, 11) is 0. The predicted octanol–water partition coefficient (Wildman–Crippen LogP) is 2.00. The van der Waals surface area contributed by atoms with Gasteiger partial charge in [-0.2, -0.15) is 0 Å². The van der Waals surface area contributed by atoms with Crippen molar-refractivity contribution < 1.29 is 14.9 Å². The number of benzene rings is 1. The second-order valence-corrected chi connectivity index (χ2v) is 5.59. The maximum absolute atomic E-state index is 9.93. The number of nitrogens with two attached hydrogens (primary N) is 1. The molecule has 1 saturated carbocycles. The van der Waals surface area contributed by atoms with Gasteiger partial charge in [-0.1, -0.05) is 25.0 Å². The molecule has 1 aliphatic rings.